The summed E-state index contributed by atoms with van der Waals surface area (Å²) in [5.74, 6) is -0.284. The number of halogens is 1. The van der Waals surface area contributed by atoms with Gasteiger partial charge in [-0.1, -0.05) is 0 Å². The molecule has 0 bridgehead atoms. The lowest BCUT2D eigenvalue weighted by Crippen LogP contribution is -2.01. The predicted octanol–water partition coefficient (Wildman–Crippen LogP) is 3.50. The number of rotatable bonds is 3. The number of hydrogen-bond donors (Lipinski definition) is 0. The number of fused-ring (bicyclic) bond motifs is 1. The molecule has 15 heavy (non-hydrogen) atoms. The minimum atomic E-state index is -0.284. The summed E-state index contributed by atoms with van der Waals surface area (Å²) in [6, 6.07) is 4.53. The summed E-state index contributed by atoms with van der Waals surface area (Å²) in [5, 5.41) is 0.914. The number of furan rings is 1. The fraction of sp³-hybridized carbons (Fsp3) is 0.333. The van der Waals surface area contributed by atoms with E-state index in [9.17, 15) is 4.39 Å². The lowest BCUT2D eigenvalue weighted by Gasteiger charge is -2.05. The van der Waals surface area contributed by atoms with Crippen molar-refractivity contribution in [3.05, 3.63) is 35.8 Å². The maximum atomic E-state index is 12.9. The third-order valence-electron chi connectivity index (χ3n) is 2.19. The maximum absolute atomic E-state index is 12.9. The highest BCUT2D eigenvalue weighted by molar-refractivity contribution is 5.80. The second-order valence-electron chi connectivity index (χ2n) is 3.76. The van der Waals surface area contributed by atoms with Gasteiger partial charge in [-0.25, -0.2) is 4.39 Å². The van der Waals surface area contributed by atoms with Crippen molar-refractivity contribution in [2.75, 3.05) is 0 Å². The lowest BCUT2D eigenvalue weighted by atomic mass is 10.2. The molecule has 0 atom stereocenters. The molecule has 0 radical (unpaired) electrons. The molecule has 1 heterocycles. The molecule has 0 aliphatic carbocycles. The first kappa shape index (κ1) is 10.2. The Balaban J connectivity index is 2.29. The van der Waals surface area contributed by atoms with Crippen LogP contribution in [0.15, 0.2) is 28.9 Å². The SMILES string of the molecule is CC(C)OCc1coc2cc(F)ccc12. The van der Waals surface area contributed by atoms with Crippen LogP contribution in [0.4, 0.5) is 4.39 Å². The Hall–Kier alpha value is -1.35. The predicted molar refractivity (Wildman–Crippen MR) is 56.1 cm³/mol. The third kappa shape index (κ3) is 2.18. The number of ether oxygens (including phenoxy) is 1. The van der Waals surface area contributed by atoms with Gasteiger partial charge in [0, 0.05) is 17.0 Å². The van der Waals surface area contributed by atoms with E-state index in [2.05, 4.69) is 0 Å². The van der Waals surface area contributed by atoms with E-state index in [1.807, 2.05) is 13.8 Å². The van der Waals surface area contributed by atoms with E-state index in [1.54, 1.807) is 12.3 Å². The van der Waals surface area contributed by atoms with E-state index in [-0.39, 0.29) is 11.9 Å². The van der Waals surface area contributed by atoms with Crippen molar-refractivity contribution in [3.63, 3.8) is 0 Å². The minimum absolute atomic E-state index is 0.176. The second kappa shape index (κ2) is 4.03. The first-order valence-corrected chi connectivity index (χ1v) is 4.94. The van der Waals surface area contributed by atoms with E-state index in [0.717, 1.165) is 10.9 Å². The number of benzene rings is 1. The van der Waals surface area contributed by atoms with Crippen molar-refractivity contribution in [2.24, 2.45) is 0 Å². The highest BCUT2D eigenvalue weighted by Gasteiger charge is 2.07. The minimum Gasteiger partial charge on any atom is -0.464 e. The van der Waals surface area contributed by atoms with Crippen molar-refractivity contribution < 1.29 is 13.5 Å². The standard InChI is InChI=1S/C12H13FO2/c1-8(2)14-6-9-7-15-12-5-10(13)3-4-11(9)12/h3-5,7-8H,6H2,1-2H3. The Bertz CT molecular complexity index is 460. The Morgan fingerprint density at radius 1 is 1.40 bits per heavy atom. The zero-order chi connectivity index (χ0) is 10.8. The molecule has 3 heteroatoms. The maximum Gasteiger partial charge on any atom is 0.137 e. The van der Waals surface area contributed by atoms with Crippen LogP contribution in [0.2, 0.25) is 0 Å². The third-order valence-corrected chi connectivity index (χ3v) is 2.19. The van der Waals surface area contributed by atoms with Gasteiger partial charge in [0.25, 0.3) is 0 Å². The molecule has 2 rings (SSSR count). The summed E-state index contributed by atoms with van der Waals surface area (Å²) in [7, 11) is 0. The van der Waals surface area contributed by atoms with Crippen molar-refractivity contribution >= 4 is 11.0 Å². The van der Waals surface area contributed by atoms with Crippen LogP contribution in [0.5, 0.6) is 0 Å². The summed E-state index contributed by atoms with van der Waals surface area (Å²) in [6.07, 6.45) is 1.79. The van der Waals surface area contributed by atoms with Crippen LogP contribution in [0, 0.1) is 5.82 Å². The monoisotopic (exact) mass is 208 g/mol. The molecule has 0 spiro atoms. The molecule has 0 N–H and O–H groups in total. The summed E-state index contributed by atoms with van der Waals surface area (Å²) in [6.45, 7) is 4.44. The van der Waals surface area contributed by atoms with E-state index in [1.165, 1.54) is 12.1 Å². The molecule has 0 amide bonds. The van der Waals surface area contributed by atoms with Crippen LogP contribution < -0.4 is 0 Å². The fourth-order valence-electron chi connectivity index (χ4n) is 1.43. The molecule has 0 fully saturated rings. The van der Waals surface area contributed by atoms with E-state index in [0.29, 0.717) is 12.2 Å². The molecular weight excluding hydrogens is 195 g/mol. The Labute approximate surface area is 87.6 Å². The van der Waals surface area contributed by atoms with Crippen molar-refractivity contribution in [3.8, 4) is 0 Å². The van der Waals surface area contributed by atoms with Gasteiger partial charge in [0.1, 0.15) is 11.4 Å². The van der Waals surface area contributed by atoms with Gasteiger partial charge in [-0.2, -0.15) is 0 Å². The summed E-state index contributed by atoms with van der Waals surface area (Å²) in [4.78, 5) is 0. The van der Waals surface area contributed by atoms with E-state index < -0.39 is 0 Å². The molecule has 80 valence electrons. The Kier molecular flexibility index (Phi) is 2.73. The molecule has 0 aliphatic heterocycles. The average molecular weight is 208 g/mol. The molecular formula is C12H13FO2. The summed E-state index contributed by atoms with van der Waals surface area (Å²) < 4.78 is 23.6. The van der Waals surface area contributed by atoms with E-state index in [4.69, 9.17) is 9.15 Å². The molecule has 2 nitrogen and oxygen atoms in total. The highest BCUT2D eigenvalue weighted by Crippen LogP contribution is 2.22. The van der Waals surface area contributed by atoms with Gasteiger partial charge in [0.05, 0.1) is 19.0 Å². The van der Waals surface area contributed by atoms with Gasteiger partial charge in [-0.3, -0.25) is 0 Å². The number of hydrogen-bond acceptors (Lipinski definition) is 2. The smallest absolute Gasteiger partial charge is 0.137 e. The lowest BCUT2D eigenvalue weighted by molar-refractivity contribution is 0.0660. The van der Waals surface area contributed by atoms with Crippen molar-refractivity contribution in [2.45, 2.75) is 26.6 Å². The normalized spacial score (nSPS) is 11.5. The van der Waals surface area contributed by atoms with Crippen molar-refractivity contribution in [1.29, 1.82) is 0 Å². The Morgan fingerprint density at radius 2 is 2.20 bits per heavy atom. The molecule has 1 aromatic carbocycles. The van der Waals surface area contributed by atoms with Crippen molar-refractivity contribution in [1.82, 2.24) is 0 Å². The van der Waals surface area contributed by atoms with Crippen LogP contribution in [-0.4, -0.2) is 6.10 Å². The first-order chi connectivity index (χ1) is 7.16. The second-order valence-corrected chi connectivity index (χ2v) is 3.76. The van der Waals surface area contributed by atoms with Gasteiger partial charge in [-0.05, 0) is 26.0 Å². The molecule has 0 aliphatic rings. The Morgan fingerprint density at radius 3 is 2.93 bits per heavy atom. The largest absolute Gasteiger partial charge is 0.464 e. The van der Waals surface area contributed by atoms with E-state index >= 15 is 0 Å². The average Bonchev–Trinajstić information content (AvgIpc) is 2.57. The molecule has 0 saturated carbocycles. The molecule has 0 saturated heterocycles. The fourth-order valence-corrected chi connectivity index (χ4v) is 1.43. The van der Waals surface area contributed by atoms with Crippen LogP contribution in [-0.2, 0) is 11.3 Å². The van der Waals surface area contributed by atoms with Crippen LogP contribution >= 0.6 is 0 Å². The topological polar surface area (TPSA) is 22.4 Å². The van der Waals surface area contributed by atoms with Crippen LogP contribution in [0.1, 0.15) is 19.4 Å². The quantitative estimate of drug-likeness (QED) is 0.770. The summed E-state index contributed by atoms with van der Waals surface area (Å²) in [5.41, 5.74) is 1.52. The molecule has 1 aromatic heterocycles. The first-order valence-electron chi connectivity index (χ1n) is 4.94. The van der Waals surface area contributed by atoms with Gasteiger partial charge in [0.15, 0.2) is 0 Å². The van der Waals surface area contributed by atoms with Gasteiger partial charge >= 0.3 is 0 Å². The van der Waals surface area contributed by atoms with Gasteiger partial charge in [-0.15, -0.1) is 0 Å². The molecule has 0 unspecified atom stereocenters. The van der Waals surface area contributed by atoms with Gasteiger partial charge < -0.3 is 9.15 Å². The summed E-state index contributed by atoms with van der Waals surface area (Å²) >= 11 is 0. The van der Waals surface area contributed by atoms with Crippen LogP contribution in [0.3, 0.4) is 0 Å². The van der Waals surface area contributed by atoms with Gasteiger partial charge in [0.2, 0.25) is 0 Å². The van der Waals surface area contributed by atoms with Crippen LogP contribution in [0.25, 0.3) is 11.0 Å². The molecule has 2 aromatic rings. The zero-order valence-electron chi connectivity index (χ0n) is 8.79. The highest BCUT2D eigenvalue weighted by atomic mass is 19.1. The zero-order valence-corrected chi connectivity index (χ0v) is 8.79.